The molecular weight excluding hydrogens is 352 g/mol. The van der Waals surface area contributed by atoms with Gasteiger partial charge in [-0.1, -0.05) is 18.2 Å². The molecular formula is C19H20N2O6. The molecule has 0 saturated heterocycles. The highest BCUT2D eigenvalue weighted by Gasteiger charge is 2.17. The third kappa shape index (κ3) is 5.27. The highest BCUT2D eigenvalue weighted by molar-refractivity contribution is 5.96. The first kappa shape index (κ1) is 19.9. The minimum Gasteiger partial charge on any atom is -0.492 e. The molecule has 0 aliphatic carbocycles. The lowest BCUT2D eigenvalue weighted by Crippen LogP contribution is -2.16. The minimum absolute atomic E-state index is 0.115. The van der Waals surface area contributed by atoms with Crippen LogP contribution < -0.4 is 10.1 Å². The average Bonchev–Trinajstić information content (AvgIpc) is 2.63. The number of nitro groups is 1. The topological polar surface area (TPSA) is 108 Å². The molecule has 0 bridgehead atoms. The van der Waals surface area contributed by atoms with Crippen molar-refractivity contribution in [2.45, 2.75) is 20.3 Å². The summed E-state index contributed by atoms with van der Waals surface area (Å²) in [6, 6.07) is 10.6. The molecule has 8 heteroatoms. The number of carbonyl (C=O) groups excluding carboxylic acids is 2. The summed E-state index contributed by atoms with van der Waals surface area (Å²) in [7, 11) is 0. The Morgan fingerprint density at radius 1 is 1.11 bits per heavy atom. The average molecular weight is 372 g/mol. The predicted molar refractivity (Wildman–Crippen MR) is 99.0 cm³/mol. The van der Waals surface area contributed by atoms with Gasteiger partial charge in [0.1, 0.15) is 5.75 Å². The largest absolute Gasteiger partial charge is 0.492 e. The van der Waals surface area contributed by atoms with Crippen LogP contribution in [0.25, 0.3) is 0 Å². The maximum absolute atomic E-state index is 12.4. The number of hydrogen-bond donors (Lipinski definition) is 1. The van der Waals surface area contributed by atoms with Gasteiger partial charge in [-0.3, -0.25) is 14.9 Å². The van der Waals surface area contributed by atoms with Gasteiger partial charge in [0.2, 0.25) is 5.91 Å². The summed E-state index contributed by atoms with van der Waals surface area (Å²) in [6.45, 7) is 4.06. The number of ether oxygens (including phenoxy) is 2. The summed E-state index contributed by atoms with van der Waals surface area (Å²) >= 11 is 0. The first-order chi connectivity index (χ1) is 13.0. The number of anilines is 1. The summed E-state index contributed by atoms with van der Waals surface area (Å²) in [5.74, 6) is -0.607. The standard InChI is InChI=1S/C19H20N2O6/c1-3-26-17-11-14(19(23)27-4-2)9-10-15(17)20-18(22)12-13-7-5-6-8-16(13)21(24)25/h5-11H,3-4,12H2,1-2H3,(H,20,22). The summed E-state index contributed by atoms with van der Waals surface area (Å²) in [5.41, 5.74) is 0.863. The zero-order valence-corrected chi connectivity index (χ0v) is 15.1. The maximum atomic E-state index is 12.4. The van der Waals surface area contributed by atoms with Crippen LogP contribution in [-0.4, -0.2) is 30.0 Å². The van der Waals surface area contributed by atoms with E-state index in [1.807, 2.05) is 0 Å². The van der Waals surface area contributed by atoms with Crippen molar-refractivity contribution in [2.24, 2.45) is 0 Å². The molecule has 2 aromatic rings. The second kappa shape index (κ2) is 9.33. The van der Waals surface area contributed by atoms with E-state index in [0.717, 1.165) is 0 Å². The number of nitro benzene ring substituents is 1. The van der Waals surface area contributed by atoms with E-state index in [9.17, 15) is 19.7 Å². The molecule has 8 nitrogen and oxygen atoms in total. The van der Waals surface area contributed by atoms with Gasteiger partial charge in [-0.2, -0.15) is 0 Å². The Bertz CT molecular complexity index is 850. The fourth-order valence-corrected chi connectivity index (χ4v) is 2.45. The Kier molecular flexibility index (Phi) is 6.87. The van der Waals surface area contributed by atoms with Crippen molar-refractivity contribution < 1.29 is 24.0 Å². The van der Waals surface area contributed by atoms with Gasteiger partial charge in [0.05, 0.1) is 35.8 Å². The Labute approximate surface area is 156 Å². The van der Waals surface area contributed by atoms with E-state index >= 15 is 0 Å². The van der Waals surface area contributed by atoms with Crippen LogP contribution in [0.1, 0.15) is 29.8 Å². The molecule has 1 N–H and O–H groups in total. The first-order valence-corrected chi connectivity index (χ1v) is 8.42. The highest BCUT2D eigenvalue weighted by Crippen LogP contribution is 2.27. The summed E-state index contributed by atoms with van der Waals surface area (Å²) < 4.78 is 10.4. The molecule has 0 aliphatic rings. The SMILES string of the molecule is CCOC(=O)c1ccc(NC(=O)Cc2ccccc2[N+](=O)[O-])c(OCC)c1. The number of hydrogen-bond acceptors (Lipinski definition) is 6. The van der Waals surface area contributed by atoms with Gasteiger partial charge in [-0.05, 0) is 32.0 Å². The number of esters is 1. The Morgan fingerprint density at radius 2 is 1.85 bits per heavy atom. The highest BCUT2D eigenvalue weighted by atomic mass is 16.6. The predicted octanol–water partition coefficient (Wildman–Crippen LogP) is 3.35. The van der Waals surface area contributed by atoms with Crippen LogP contribution in [0.2, 0.25) is 0 Å². The minimum atomic E-state index is -0.525. The number of amides is 1. The molecule has 0 atom stereocenters. The zero-order valence-electron chi connectivity index (χ0n) is 15.1. The molecule has 2 aromatic carbocycles. The molecule has 0 fully saturated rings. The van der Waals surface area contributed by atoms with Gasteiger partial charge in [0.15, 0.2) is 0 Å². The van der Waals surface area contributed by atoms with Crippen LogP contribution in [0.5, 0.6) is 5.75 Å². The van der Waals surface area contributed by atoms with E-state index in [-0.39, 0.29) is 18.7 Å². The number of rotatable bonds is 8. The Morgan fingerprint density at radius 3 is 2.52 bits per heavy atom. The summed E-state index contributed by atoms with van der Waals surface area (Å²) in [4.78, 5) is 34.7. The summed E-state index contributed by atoms with van der Waals surface area (Å²) in [6.07, 6.45) is -0.164. The first-order valence-electron chi connectivity index (χ1n) is 8.42. The Balaban J connectivity index is 2.19. The van der Waals surface area contributed by atoms with Crippen molar-refractivity contribution in [3.05, 3.63) is 63.7 Å². The van der Waals surface area contributed by atoms with Gasteiger partial charge in [-0.15, -0.1) is 0 Å². The summed E-state index contributed by atoms with van der Waals surface area (Å²) in [5, 5.41) is 13.7. The van der Waals surface area contributed by atoms with Gasteiger partial charge in [0.25, 0.3) is 5.69 Å². The van der Waals surface area contributed by atoms with Gasteiger partial charge in [0, 0.05) is 11.6 Å². The lowest BCUT2D eigenvalue weighted by Gasteiger charge is -2.13. The number of nitrogens with one attached hydrogen (secondary N) is 1. The van der Waals surface area contributed by atoms with Crippen LogP contribution in [0.4, 0.5) is 11.4 Å². The van der Waals surface area contributed by atoms with Crippen molar-refractivity contribution in [1.29, 1.82) is 0 Å². The quantitative estimate of drug-likeness (QED) is 0.432. The Hall–Kier alpha value is -3.42. The van der Waals surface area contributed by atoms with Crippen molar-refractivity contribution in [3.63, 3.8) is 0 Å². The van der Waals surface area contributed by atoms with Crippen LogP contribution in [0, 0.1) is 10.1 Å². The molecule has 0 spiro atoms. The van der Waals surface area contributed by atoms with Crippen LogP contribution >= 0.6 is 0 Å². The number of nitrogens with zero attached hydrogens (tertiary/aromatic N) is 1. The van der Waals surface area contributed by atoms with Crippen molar-refractivity contribution in [3.8, 4) is 5.75 Å². The molecule has 1 amide bonds. The molecule has 2 rings (SSSR count). The van der Waals surface area contributed by atoms with E-state index in [1.165, 1.54) is 30.3 Å². The lowest BCUT2D eigenvalue weighted by molar-refractivity contribution is -0.385. The molecule has 142 valence electrons. The van der Waals surface area contributed by atoms with Gasteiger partial charge >= 0.3 is 5.97 Å². The lowest BCUT2D eigenvalue weighted by atomic mass is 10.1. The maximum Gasteiger partial charge on any atom is 0.338 e. The third-order valence-electron chi connectivity index (χ3n) is 3.61. The van der Waals surface area contributed by atoms with Crippen molar-refractivity contribution in [1.82, 2.24) is 0 Å². The van der Waals surface area contributed by atoms with E-state index in [2.05, 4.69) is 5.32 Å². The number of benzene rings is 2. The van der Waals surface area contributed by atoms with Gasteiger partial charge < -0.3 is 14.8 Å². The van der Waals surface area contributed by atoms with E-state index < -0.39 is 16.8 Å². The fourth-order valence-electron chi connectivity index (χ4n) is 2.45. The van der Waals surface area contributed by atoms with E-state index in [1.54, 1.807) is 26.0 Å². The molecule has 0 unspecified atom stereocenters. The third-order valence-corrected chi connectivity index (χ3v) is 3.61. The molecule has 0 aliphatic heterocycles. The molecule has 27 heavy (non-hydrogen) atoms. The van der Waals surface area contributed by atoms with Crippen molar-refractivity contribution >= 4 is 23.3 Å². The second-order valence-corrected chi connectivity index (χ2v) is 5.48. The zero-order chi connectivity index (χ0) is 19.8. The smallest absolute Gasteiger partial charge is 0.338 e. The number of carbonyl (C=O) groups is 2. The molecule has 0 radical (unpaired) electrons. The van der Waals surface area contributed by atoms with Crippen LogP contribution in [0.15, 0.2) is 42.5 Å². The van der Waals surface area contributed by atoms with Crippen LogP contribution in [0.3, 0.4) is 0 Å². The molecule has 0 heterocycles. The fraction of sp³-hybridized carbons (Fsp3) is 0.263. The van der Waals surface area contributed by atoms with E-state index in [0.29, 0.717) is 29.2 Å². The second-order valence-electron chi connectivity index (χ2n) is 5.48. The van der Waals surface area contributed by atoms with Crippen LogP contribution in [-0.2, 0) is 16.0 Å². The molecule has 0 aromatic heterocycles. The van der Waals surface area contributed by atoms with E-state index in [4.69, 9.17) is 9.47 Å². The molecule has 0 saturated carbocycles. The van der Waals surface area contributed by atoms with Gasteiger partial charge in [-0.25, -0.2) is 4.79 Å². The van der Waals surface area contributed by atoms with Crippen molar-refractivity contribution in [2.75, 3.05) is 18.5 Å². The number of para-hydroxylation sites is 1. The monoisotopic (exact) mass is 372 g/mol. The normalized spacial score (nSPS) is 10.1.